The third kappa shape index (κ3) is 7.55. The van der Waals surface area contributed by atoms with Crippen molar-refractivity contribution >= 4 is 23.4 Å². The molecule has 0 saturated heterocycles. The van der Waals surface area contributed by atoms with Gasteiger partial charge in [-0.1, -0.05) is 11.6 Å². The molecule has 0 atom stereocenters. The van der Waals surface area contributed by atoms with E-state index in [1.54, 1.807) is 11.8 Å². The Morgan fingerprint density at radius 3 is 2.30 bits per heavy atom. The van der Waals surface area contributed by atoms with E-state index in [9.17, 15) is 0 Å². The smallest absolute Gasteiger partial charge is 0.247 e. The van der Waals surface area contributed by atoms with Gasteiger partial charge in [-0.15, -0.1) is 22.0 Å². The number of halogens is 1. The van der Waals surface area contributed by atoms with Crippen LogP contribution in [0.15, 0.2) is 52.9 Å². The first-order valence-electron chi connectivity index (χ1n) is 9.76. The highest BCUT2D eigenvalue weighted by atomic mass is 35.5. The van der Waals surface area contributed by atoms with Crippen LogP contribution in [0.1, 0.15) is 12.3 Å². The second-order valence-corrected chi connectivity index (χ2v) is 8.43. The Labute approximate surface area is 186 Å². The van der Waals surface area contributed by atoms with Crippen LogP contribution in [0.5, 0.6) is 11.5 Å². The van der Waals surface area contributed by atoms with Gasteiger partial charge in [0.05, 0.1) is 19.0 Å². The van der Waals surface area contributed by atoms with Crippen LogP contribution in [0.2, 0.25) is 5.02 Å². The van der Waals surface area contributed by atoms with Gasteiger partial charge in [0.2, 0.25) is 11.8 Å². The van der Waals surface area contributed by atoms with Gasteiger partial charge in [0.15, 0.2) is 0 Å². The lowest BCUT2D eigenvalue weighted by Crippen LogP contribution is -2.15. The fourth-order valence-electron chi connectivity index (χ4n) is 2.60. The minimum atomic E-state index is 0.516. The van der Waals surface area contributed by atoms with Crippen molar-refractivity contribution in [2.24, 2.45) is 0 Å². The number of rotatable bonds is 12. The monoisotopic (exact) mass is 447 g/mol. The third-order valence-corrected chi connectivity index (χ3v) is 5.28. The predicted octanol–water partition coefficient (Wildman–Crippen LogP) is 5.03. The molecule has 0 N–H and O–H groups in total. The largest absolute Gasteiger partial charge is 0.494 e. The topological polar surface area (TPSA) is 60.6 Å². The van der Waals surface area contributed by atoms with Gasteiger partial charge >= 0.3 is 0 Å². The maximum atomic E-state index is 5.86. The Balaban J connectivity index is 1.38. The summed E-state index contributed by atoms with van der Waals surface area (Å²) in [5, 5.41) is 8.97. The Hall–Kier alpha value is -2.22. The highest BCUT2D eigenvalue weighted by Crippen LogP contribution is 2.23. The van der Waals surface area contributed by atoms with Gasteiger partial charge in [-0.05, 0) is 69.0 Å². The average Bonchev–Trinajstić information content (AvgIpc) is 3.21. The second-order valence-electron chi connectivity index (χ2n) is 6.89. The Morgan fingerprint density at radius 1 is 0.933 bits per heavy atom. The molecule has 0 bridgehead atoms. The second kappa shape index (κ2) is 11.8. The van der Waals surface area contributed by atoms with E-state index in [1.807, 2.05) is 48.5 Å². The lowest BCUT2D eigenvalue weighted by molar-refractivity contribution is 0.281. The first kappa shape index (κ1) is 22.5. The maximum absolute atomic E-state index is 5.86. The number of nitrogens with zero attached hydrogens (tertiary/aromatic N) is 3. The standard InChI is InChI=1S/C22H26ClN3O3S/c1-26(2)12-3-13-27-19-8-4-17(5-9-19)22-25-24-21(29-22)16-30-15-14-28-20-10-6-18(23)7-11-20/h4-11H,3,12-16H2,1-2H3. The fraction of sp³-hybridized carbons (Fsp3) is 0.364. The van der Waals surface area contributed by atoms with Crippen molar-refractivity contribution in [3.63, 3.8) is 0 Å². The number of hydrogen-bond donors (Lipinski definition) is 0. The predicted molar refractivity (Wildman–Crippen MR) is 122 cm³/mol. The Morgan fingerprint density at radius 2 is 1.60 bits per heavy atom. The van der Waals surface area contributed by atoms with Gasteiger partial charge < -0.3 is 18.8 Å². The summed E-state index contributed by atoms with van der Waals surface area (Å²) in [6.45, 7) is 2.30. The van der Waals surface area contributed by atoms with Crippen molar-refractivity contribution in [3.8, 4) is 23.0 Å². The number of thioether (sulfide) groups is 1. The van der Waals surface area contributed by atoms with Gasteiger partial charge in [0.1, 0.15) is 11.5 Å². The molecule has 160 valence electrons. The summed E-state index contributed by atoms with van der Waals surface area (Å²) in [5.74, 6) is 4.23. The van der Waals surface area contributed by atoms with Crippen molar-refractivity contribution in [1.29, 1.82) is 0 Å². The highest BCUT2D eigenvalue weighted by molar-refractivity contribution is 7.98. The van der Waals surface area contributed by atoms with Crippen LogP contribution in [-0.2, 0) is 5.75 Å². The van der Waals surface area contributed by atoms with Crippen LogP contribution >= 0.6 is 23.4 Å². The lowest BCUT2D eigenvalue weighted by atomic mass is 10.2. The van der Waals surface area contributed by atoms with Gasteiger partial charge in [0, 0.05) is 22.9 Å². The van der Waals surface area contributed by atoms with E-state index in [4.69, 9.17) is 25.5 Å². The molecule has 0 unspecified atom stereocenters. The van der Waals surface area contributed by atoms with E-state index in [-0.39, 0.29) is 0 Å². The van der Waals surface area contributed by atoms with E-state index < -0.39 is 0 Å². The van der Waals surface area contributed by atoms with Crippen molar-refractivity contribution < 1.29 is 13.9 Å². The molecule has 2 aromatic carbocycles. The molecule has 0 fully saturated rings. The number of ether oxygens (including phenoxy) is 2. The molecule has 3 rings (SSSR count). The van der Waals surface area contributed by atoms with Crippen LogP contribution in [-0.4, -0.2) is 54.7 Å². The van der Waals surface area contributed by atoms with E-state index in [1.165, 1.54) is 0 Å². The Kier molecular flexibility index (Phi) is 8.86. The summed E-state index contributed by atoms with van der Waals surface area (Å²) < 4.78 is 17.2. The molecule has 3 aromatic rings. The van der Waals surface area contributed by atoms with Crippen LogP contribution in [0.3, 0.4) is 0 Å². The molecule has 1 heterocycles. The zero-order valence-electron chi connectivity index (χ0n) is 17.2. The molecule has 0 spiro atoms. The van der Waals surface area contributed by atoms with Crippen LogP contribution in [0.4, 0.5) is 0 Å². The summed E-state index contributed by atoms with van der Waals surface area (Å²) in [4.78, 5) is 2.14. The fourth-order valence-corrected chi connectivity index (χ4v) is 3.36. The van der Waals surface area contributed by atoms with Crippen molar-refractivity contribution in [2.75, 3.05) is 39.6 Å². The molecule has 0 radical (unpaired) electrons. The van der Waals surface area contributed by atoms with Crippen molar-refractivity contribution in [2.45, 2.75) is 12.2 Å². The van der Waals surface area contributed by atoms with E-state index >= 15 is 0 Å². The van der Waals surface area contributed by atoms with E-state index in [0.29, 0.717) is 35.8 Å². The molecule has 1 aromatic heterocycles. The van der Waals surface area contributed by atoms with E-state index in [0.717, 1.165) is 35.8 Å². The van der Waals surface area contributed by atoms with Crippen LogP contribution < -0.4 is 9.47 Å². The summed E-state index contributed by atoms with van der Waals surface area (Å²) in [7, 11) is 4.11. The summed E-state index contributed by atoms with van der Waals surface area (Å²) in [6, 6.07) is 15.1. The van der Waals surface area contributed by atoms with Gasteiger partial charge in [-0.3, -0.25) is 0 Å². The van der Waals surface area contributed by atoms with Crippen LogP contribution in [0.25, 0.3) is 11.5 Å². The molecule has 0 aliphatic rings. The first-order chi connectivity index (χ1) is 14.6. The molecule has 0 aliphatic carbocycles. The summed E-state index contributed by atoms with van der Waals surface area (Å²) in [5.41, 5.74) is 0.880. The van der Waals surface area contributed by atoms with Crippen molar-refractivity contribution in [3.05, 3.63) is 59.4 Å². The molecule has 8 heteroatoms. The van der Waals surface area contributed by atoms with Gasteiger partial charge in [-0.25, -0.2) is 0 Å². The maximum Gasteiger partial charge on any atom is 0.247 e. The SMILES string of the molecule is CN(C)CCCOc1ccc(-c2nnc(CSCCOc3ccc(Cl)cc3)o2)cc1. The molecule has 0 amide bonds. The summed E-state index contributed by atoms with van der Waals surface area (Å²) >= 11 is 7.54. The van der Waals surface area contributed by atoms with Gasteiger partial charge in [0.25, 0.3) is 0 Å². The minimum absolute atomic E-state index is 0.516. The third-order valence-electron chi connectivity index (χ3n) is 4.12. The van der Waals surface area contributed by atoms with Gasteiger partial charge in [-0.2, -0.15) is 0 Å². The minimum Gasteiger partial charge on any atom is -0.494 e. The van der Waals surface area contributed by atoms with E-state index in [2.05, 4.69) is 29.2 Å². The zero-order chi connectivity index (χ0) is 21.2. The Bertz CT molecular complexity index is 885. The molecule has 30 heavy (non-hydrogen) atoms. The highest BCUT2D eigenvalue weighted by Gasteiger charge is 2.09. The van der Waals surface area contributed by atoms with Crippen molar-refractivity contribution in [1.82, 2.24) is 15.1 Å². The quantitative estimate of drug-likeness (QED) is 0.361. The lowest BCUT2D eigenvalue weighted by Gasteiger charge is -2.10. The first-order valence-corrected chi connectivity index (χ1v) is 11.3. The normalized spacial score (nSPS) is 11.1. The summed E-state index contributed by atoms with van der Waals surface area (Å²) in [6.07, 6.45) is 0.990. The number of benzene rings is 2. The molecule has 0 aliphatic heterocycles. The molecule has 6 nitrogen and oxygen atoms in total. The average molecular weight is 448 g/mol. The number of hydrogen-bond acceptors (Lipinski definition) is 7. The molecule has 0 saturated carbocycles. The zero-order valence-corrected chi connectivity index (χ0v) is 18.8. The molecular weight excluding hydrogens is 422 g/mol. The molecular formula is C22H26ClN3O3S. The van der Waals surface area contributed by atoms with Crippen LogP contribution in [0, 0.1) is 0 Å². The number of aromatic nitrogens is 2.